The van der Waals surface area contributed by atoms with Gasteiger partial charge in [-0.3, -0.25) is 24.1 Å². The summed E-state index contributed by atoms with van der Waals surface area (Å²) in [6.45, 7) is 2.70. The maximum atomic E-state index is 12.6. The highest BCUT2D eigenvalue weighted by molar-refractivity contribution is 6.08. The number of carbonyl (C=O) groups excluding carboxylic acids is 5. The van der Waals surface area contributed by atoms with Crippen LogP contribution in [0.25, 0.3) is 0 Å². The first-order valence-corrected chi connectivity index (χ1v) is 10.3. The molecule has 0 spiro atoms. The lowest BCUT2D eigenvalue weighted by Gasteiger charge is -2.21. The Bertz CT molecular complexity index is 931. The lowest BCUT2D eigenvalue weighted by atomic mass is 9.81. The van der Waals surface area contributed by atoms with E-state index in [-0.39, 0.29) is 35.5 Å². The molecule has 0 unspecified atom stereocenters. The number of amides is 3. The zero-order valence-corrected chi connectivity index (χ0v) is 17.0. The van der Waals surface area contributed by atoms with E-state index in [1.807, 2.05) is 0 Å². The minimum atomic E-state index is -1.06. The Kier molecular flexibility index (Phi) is 5.17. The normalized spacial score (nSPS) is 26.1. The van der Waals surface area contributed by atoms with Gasteiger partial charge in [0, 0.05) is 11.3 Å². The van der Waals surface area contributed by atoms with Crippen LogP contribution in [0.5, 0.6) is 0 Å². The third kappa shape index (κ3) is 3.30. The fourth-order valence-electron chi connectivity index (χ4n) is 4.61. The first kappa shape index (κ1) is 20.3. The molecule has 3 aliphatic rings. The summed E-state index contributed by atoms with van der Waals surface area (Å²) in [7, 11) is 0. The summed E-state index contributed by atoms with van der Waals surface area (Å²) < 4.78 is 5.13. The molecule has 1 saturated heterocycles. The zero-order chi connectivity index (χ0) is 21.6. The molecule has 1 N–H and O–H groups in total. The monoisotopic (exact) mass is 412 g/mol. The van der Waals surface area contributed by atoms with Crippen molar-refractivity contribution in [3.8, 4) is 0 Å². The Morgan fingerprint density at radius 1 is 1.13 bits per heavy atom. The van der Waals surface area contributed by atoms with E-state index >= 15 is 0 Å². The van der Waals surface area contributed by atoms with Crippen LogP contribution in [0.1, 0.15) is 61.4 Å². The maximum absolute atomic E-state index is 12.6. The topological polar surface area (TPSA) is 110 Å². The molecule has 1 aromatic carbocycles. The number of carbonyl (C=O) groups is 5. The summed E-state index contributed by atoms with van der Waals surface area (Å²) in [5, 5.41) is 2.73. The zero-order valence-electron chi connectivity index (χ0n) is 17.0. The van der Waals surface area contributed by atoms with E-state index in [4.69, 9.17) is 4.74 Å². The molecule has 4 rings (SSSR count). The van der Waals surface area contributed by atoms with Crippen molar-refractivity contribution >= 4 is 35.2 Å². The van der Waals surface area contributed by atoms with Gasteiger partial charge in [-0.2, -0.15) is 0 Å². The lowest BCUT2D eigenvalue weighted by molar-refractivity contribution is -0.157. The van der Waals surface area contributed by atoms with Gasteiger partial charge in [-0.25, -0.2) is 4.79 Å². The van der Waals surface area contributed by atoms with Gasteiger partial charge in [0.15, 0.2) is 12.4 Å². The third-order valence-corrected chi connectivity index (χ3v) is 6.44. The second kappa shape index (κ2) is 7.66. The quantitative estimate of drug-likeness (QED) is 0.450. The van der Waals surface area contributed by atoms with E-state index in [1.165, 1.54) is 6.92 Å². The summed E-state index contributed by atoms with van der Waals surface area (Å²) in [6, 6.07) is 3.77. The number of anilines is 1. The number of hydrogen-bond acceptors (Lipinski definition) is 6. The molecule has 0 bridgehead atoms. The molecule has 158 valence electrons. The summed E-state index contributed by atoms with van der Waals surface area (Å²) >= 11 is 0. The number of hydrogen-bond donors (Lipinski definition) is 1. The summed E-state index contributed by atoms with van der Waals surface area (Å²) in [5.41, 5.74) is 1.72. The second-order valence-corrected chi connectivity index (χ2v) is 8.26. The fraction of sp³-hybridized carbons (Fsp3) is 0.500. The van der Waals surface area contributed by atoms with Crippen LogP contribution >= 0.6 is 0 Å². The minimum absolute atomic E-state index is 0.129. The summed E-state index contributed by atoms with van der Waals surface area (Å²) in [6.07, 6.45) is 3.14. The molecule has 8 heteroatoms. The van der Waals surface area contributed by atoms with Crippen LogP contribution in [0.15, 0.2) is 18.2 Å². The van der Waals surface area contributed by atoms with Gasteiger partial charge < -0.3 is 10.1 Å². The number of rotatable bonds is 5. The standard InChI is InChI=1S/C22H24N2O6/c1-11-16-9-13(7-8-17(16)23-19(11)26)18(25)10-30-22(29)12(2)24-20(27)14-5-3-4-6-15(14)21(24)28/h7-9,11-12,14-15H,3-6,10H2,1-2H3,(H,23,26)/t11-,12+,14+,15+/m1/s1. The largest absolute Gasteiger partial charge is 0.456 e. The van der Waals surface area contributed by atoms with Crippen LogP contribution in [-0.4, -0.2) is 47.0 Å². The molecule has 1 aliphatic carbocycles. The first-order chi connectivity index (χ1) is 14.3. The molecule has 4 atom stereocenters. The van der Waals surface area contributed by atoms with Gasteiger partial charge in [0.1, 0.15) is 6.04 Å². The van der Waals surface area contributed by atoms with Crippen molar-refractivity contribution in [2.75, 3.05) is 11.9 Å². The molecule has 2 heterocycles. The smallest absolute Gasteiger partial charge is 0.329 e. The van der Waals surface area contributed by atoms with Crippen LogP contribution < -0.4 is 5.32 Å². The summed E-state index contributed by atoms with van der Waals surface area (Å²) in [4.78, 5) is 63.0. The number of benzene rings is 1. The number of fused-ring (bicyclic) bond motifs is 2. The van der Waals surface area contributed by atoms with Gasteiger partial charge >= 0.3 is 5.97 Å². The van der Waals surface area contributed by atoms with E-state index in [0.717, 1.165) is 23.3 Å². The van der Waals surface area contributed by atoms with E-state index in [2.05, 4.69) is 5.32 Å². The lowest BCUT2D eigenvalue weighted by Crippen LogP contribution is -2.44. The van der Waals surface area contributed by atoms with Gasteiger partial charge in [-0.15, -0.1) is 0 Å². The van der Waals surface area contributed by atoms with Crippen molar-refractivity contribution < 1.29 is 28.7 Å². The Balaban J connectivity index is 1.39. The predicted molar refractivity (Wildman–Crippen MR) is 106 cm³/mol. The van der Waals surface area contributed by atoms with E-state index in [0.29, 0.717) is 24.1 Å². The average molecular weight is 412 g/mol. The van der Waals surface area contributed by atoms with Crippen LogP contribution in [0, 0.1) is 11.8 Å². The average Bonchev–Trinajstić information content (AvgIpc) is 3.18. The molecule has 8 nitrogen and oxygen atoms in total. The molecule has 0 aromatic heterocycles. The first-order valence-electron chi connectivity index (χ1n) is 10.3. The predicted octanol–water partition coefficient (Wildman–Crippen LogP) is 2.03. The van der Waals surface area contributed by atoms with E-state index in [9.17, 15) is 24.0 Å². The third-order valence-electron chi connectivity index (χ3n) is 6.44. The van der Waals surface area contributed by atoms with Gasteiger partial charge in [-0.1, -0.05) is 12.8 Å². The highest BCUT2D eigenvalue weighted by atomic mass is 16.5. The van der Waals surface area contributed by atoms with Crippen molar-refractivity contribution in [2.45, 2.75) is 51.5 Å². The Morgan fingerprint density at radius 2 is 1.77 bits per heavy atom. The van der Waals surface area contributed by atoms with Gasteiger partial charge in [0.05, 0.1) is 17.8 Å². The number of Topliss-reactive ketones (excluding diaryl/α,β-unsaturated/α-hetero) is 1. The van der Waals surface area contributed by atoms with E-state index in [1.54, 1.807) is 25.1 Å². The number of likely N-dealkylation sites (tertiary alicyclic amines) is 1. The molecule has 30 heavy (non-hydrogen) atoms. The minimum Gasteiger partial charge on any atom is -0.456 e. The molecular weight excluding hydrogens is 388 g/mol. The maximum Gasteiger partial charge on any atom is 0.329 e. The molecule has 2 aliphatic heterocycles. The van der Waals surface area contributed by atoms with Crippen molar-refractivity contribution in [1.82, 2.24) is 4.90 Å². The van der Waals surface area contributed by atoms with E-state index < -0.39 is 24.4 Å². The van der Waals surface area contributed by atoms with Crippen molar-refractivity contribution in [3.05, 3.63) is 29.3 Å². The van der Waals surface area contributed by atoms with Crippen LogP contribution in [-0.2, 0) is 23.9 Å². The van der Waals surface area contributed by atoms with Gasteiger partial charge in [0.25, 0.3) is 0 Å². The number of imide groups is 1. The number of nitrogens with one attached hydrogen (secondary N) is 1. The van der Waals surface area contributed by atoms with Crippen LogP contribution in [0.2, 0.25) is 0 Å². The molecule has 0 radical (unpaired) electrons. The van der Waals surface area contributed by atoms with Crippen molar-refractivity contribution in [3.63, 3.8) is 0 Å². The fourth-order valence-corrected chi connectivity index (χ4v) is 4.61. The van der Waals surface area contributed by atoms with Crippen molar-refractivity contribution in [2.24, 2.45) is 11.8 Å². The number of ketones is 1. The Morgan fingerprint density at radius 3 is 2.40 bits per heavy atom. The molecule has 1 saturated carbocycles. The molecular formula is C22H24N2O6. The highest BCUT2D eigenvalue weighted by Gasteiger charge is 2.51. The second-order valence-electron chi connectivity index (χ2n) is 8.26. The highest BCUT2D eigenvalue weighted by Crippen LogP contribution is 2.39. The van der Waals surface area contributed by atoms with Crippen LogP contribution in [0.3, 0.4) is 0 Å². The number of nitrogens with zero attached hydrogens (tertiary/aromatic N) is 1. The van der Waals surface area contributed by atoms with Crippen molar-refractivity contribution in [1.29, 1.82) is 0 Å². The molecule has 1 aromatic rings. The summed E-state index contributed by atoms with van der Waals surface area (Å²) in [5.74, 6) is -3.00. The van der Waals surface area contributed by atoms with Gasteiger partial charge in [0.2, 0.25) is 17.7 Å². The van der Waals surface area contributed by atoms with Crippen LogP contribution in [0.4, 0.5) is 5.69 Å². The molecule has 2 fully saturated rings. The Labute approximate surface area is 173 Å². The molecule has 3 amide bonds. The number of ether oxygens (including phenoxy) is 1. The van der Waals surface area contributed by atoms with Gasteiger partial charge in [-0.05, 0) is 50.5 Å². The SMILES string of the molecule is C[C@H]1C(=O)Nc2ccc(C(=O)COC(=O)[C@H](C)N3C(=O)[C@H]4CCCC[C@@H]4C3=O)cc21. The Hall–Kier alpha value is -3.03. The number of esters is 1.